The van der Waals surface area contributed by atoms with Gasteiger partial charge in [-0.25, -0.2) is 4.79 Å². The van der Waals surface area contributed by atoms with E-state index in [4.69, 9.17) is 9.63 Å². The van der Waals surface area contributed by atoms with Gasteiger partial charge in [-0.2, -0.15) is 16.3 Å². The van der Waals surface area contributed by atoms with Crippen LogP contribution in [0.5, 0.6) is 0 Å². The molecule has 0 unspecified atom stereocenters. The molecule has 2 aromatic heterocycles. The lowest BCUT2D eigenvalue weighted by molar-refractivity contribution is 0.0697. The van der Waals surface area contributed by atoms with Crippen molar-refractivity contribution in [3.63, 3.8) is 0 Å². The van der Waals surface area contributed by atoms with Crippen LogP contribution in [0.3, 0.4) is 0 Å². The van der Waals surface area contributed by atoms with Crippen molar-refractivity contribution in [2.24, 2.45) is 0 Å². The lowest BCUT2D eigenvalue weighted by Gasteiger charge is -1.96. The van der Waals surface area contributed by atoms with Crippen LogP contribution < -0.4 is 0 Å². The molecule has 0 saturated heterocycles. The molecule has 100 valence electrons. The van der Waals surface area contributed by atoms with Gasteiger partial charge in [0.2, 0.25) is 5.82 Å². The Labute approximate surface area is 118 Å². The SMILES string of the molecule is Cc1cscc1-c1nc(-c2cccc(C(=O)O)c2)no1. The summed E-state index contributed by atoms with van der Waals surface area (Å²) in [6, 6.07) is 6.46. The molecule has 0 aliphatic rings. The average molecular weight is 286 g/mol. The fourth-order valence-corrected chi connectivity index (χ4v) is 2.64. The van der Waals surface area contributed by atoms with Crippen LogP contribution in [0.2, 0.25) is 0 Å². The van der Waals surface area contributed by atoms with Gasteiger partial charge in [-0.1, -0.05) is 17.3 Å². The highest BCUT2D eigenvalue weighted by Crippen LogP contribution is 2.27. The molecule has 3 aromatic rings. The Morgan fingerprint density at radius 1 is 1.35 bits per heavy atom. The van der Waals surface area contributed by atoms with Crippen LogP contribution in [0.25, 0.3) is 22.8 Å². The second-order valence-electron chi connectivity index (χ2n) is 4.28. The van der Waals surface area contributed by atoms with E-state index in [0.29, 0.717) is 17.3 Å². The number of aryl methyl sites for hydroxylation is 1. The molecule has 0 aliphatic carbocycles. The minimum atomic E-state index is -0.982. The highest BCUT2D eigenvalue weighted by atomic mass is 32.1. The highest BCUT2D eigenvalue weighted by Gasteiger charge is 2.14. The van der Waals surface area contributed by atoms with E-state index in [1.165, 1.54) is 12.1 Å². The third kappa shape index (κ3) is 2.21. The van der Waals surface area contributed by atoms with Gasteiger partial charge in [-0.05, 0) is 30.0 Å². The first-order valence-electron chi connectivity index (χ1n) is 5.86. The van der Waals surface area contributed by atoms with Crippen LogP contribution in [0.15, 0.2) is 39.5 Å². The van der Waals surface area contributed by atoms with Crippen LogP contribution >= 0.6 is 11.3 Å². The molecule has 0 aliphatic heterocycles. The molecule has 20 heavy (non-hydrogen) atoms. The van der Waals surface area contributed by atoms with Gasteiger partial charge in [0.1, 0.15) is 0 Å². The number of aromatic carboxylic acids is 1. The van der Waals surface area contributed by atoms with Crippen LogP contribution in [0, 0.1) is 6.92 Å². The number of rotatable bonds is 3. The molecule has 5 nitrogen and oxygen atoms in total. The van der Waals surface area contributed by atoms with Gasteiger partial charge >= 0.3 is 5.97 Å². The predicted octanol–water partition coefficient (Wildman–Crippen LogP) is 3.47. The summed E-state index contributed by atoms with van der Waals surface area (Å²) in [4.78, 5) is 15.3. The summed E-state index contributed by atoms with van der Waals surface area (Å²) < 4.78 is 5.24. The third-order valence-corrected chi connectivity index (χ3v) is 3.74. The van der Waals surface area contributed by atoms with Crippen LogP contribution in [0.1, 0.15) is 15.9 Å². The first-order valence-corrected chi connectivity index (χ1v) is 6.80. The van der Waals surface area contributed by atoms with Crippen molar-refractivity contribution in [3.8, 4) is 22.8 Å². The summed E-state index contributed by atoms with van der Waals surface area (Å²) in [5.74, 6) is -0.155. The fraction of sp³-hybridized carbons (Fsp3) is 0.0714. The van der Waals surface area contributed by atoms with Crippen molar-refractivity contribution in [2.45, 2.75) is 6.92 Å². The normalized spacial score (nSPS) is 10.7. The number of carboxylic acids is 1. The van der Waals surface area contributed by atoms with Gasteiger partial charge in [0, 0.05) is 10.9 Å². The number of carboxylic acid groups (broad SMARTS) is 1. The summed E-state index contributed by atoms with van der Waals surface area (Å²) in [5, 5.41) is 16.8. The zero-order chi connectivity index (χ0) is 14.1. The largest absolute Gasteiger partial charge is 0.478 e. The van der Waals surface area contributed by atoms with E-state index in [2.05, 4.69) is 10.1 Å². The van der Waals surface area contributed by atoms with E-state index < -0.39 is 5.97 Å². The Kier molecular flexibility index (Phi) is 3.08. The molecule has 0 spiro atoms. The first-order chi connectivity index (χ1) is 9.65. The minimum absolute atomic E-state index is 0.195. The summed E-state index contributed by atoms with van der Waals surface area (Å²) in [7, 11) is 0. The van der Waals surface area contributed by atoms with Crippen LogP contribution in [0.4, 0.5) is 0 Å². The number of nitrogens with zero attached hydrogens (tertiary/aromatic N) is 2. The quantitative estimate of drug-likeness (QED) is 0.797. The third-order valence-electron chi connectivity index (χ3n) is 2.88. The van der Waals surface area contributed by atoms with E-state index in [9.17, 15) is 4.79 Å². The number of carbonyl (C=O) groups is 1. The van der Waals surface area contributed by atoms with E-state index in [-0.39, 0.29) is 5.56 Å². The Bertz CT molecular complexity index is 776. The zero-order valence-corrected chi connectivity index (χ0v) is 11.3. The standard InChI is InChI=1S/C14H10N2O3S/c1-8-6-20-7-11(8)13-15-12(16-19-13)9-3-2-4-10(5-9)14(17)18/h2-7H,1H3,(H,17,18). The first kappa shape index (κ1) is 12.6. The van der Waals surface area contributed by atoms with Crippen molar-refractivity contribution >= 4 is 17.3 Å². The smallest absolute Gasteiger partial charge is 0.335 e. The van der Waals surface area contributed by atoms with E-state index in [1.54, 1.807) is 23.5 Å². The molecule has 1 aromatic carbocycles. The number of aromatic nitrogens is 2. The maximum absolute atomic E-state index is 11.0. The molecule has 2 heterocycles. The average Bonchev–Trinajstić information content (AvgIpc) is 3.07. The topological polar surface area (TPSA) is 76.2 Å². The number of thiophene rings is 1. The minimum Gasteiger partial charge on any atom is -0.478 e. The van der Waals surface area contributed by atoms with Gasteiger partial charge in [0.25, 0.3) is 5.89 Å². The van der Waals surface area contributed by atoms with Gasteiger partial charge in [0.05, 0.1) is 11.1 Å². The molecule has 0 fully saturated rings. The highest BCUT2D eigenvalue weighted by molar-refractivity contribution is 7.08. The molecule has 0 amide bonds. The van der Waals surface area contributed by atoms with Crippen LogP contribution in [-0.4, -0.2) is 21.2 Å². The molecule has 1 N–H and O–H groups in total. The van der Waals surface area contributed by atoms with Crippen molar-refractivity contribution < 1.29 is 14.4 Å². The summed E-state index contributed by atoms with van der Waals surface area (Å²) in [5.41, 5.74) is 2.79. The molecule has 6 heteroatoms. The van der Waals surface area contributed by atoms with Gasteiger partial charge in [-0.15, -0.1) is 0 Å². The van der Waals surface area contributed by atoms with Crippen molar-refractivity contribution in [1.29, 1.82) is 0 Å². The molecule has 3 rings (SSSR count). The van der Waals surface area contributed by atoms with E-state index >= 15 is 0 Å². The van der Waals surface area contributed by atoms with Gasteiger partial charge in [-0.3, -0.25) is 0 Å². The van der Waals surface area contributed by atoms with Gasteiger partial charge in [0.15, 0.2) is 0 Å². The number of benzene rings is 1. The second-order valence-corrected chi connectivity index (χ2v) is 5.02. The molecular formula is C14H10N2O3S. The van der Waals surface area contributed by atoms with Crippen molar-refractivity contribution in [3.05, 3.63) is 46.2 Å². The Balaban J connectivity index is 2.00. The number of hydrogen-bond donors (Lipinski definition) is 1. The molecule has 0 radical (unpaired) electrons. The van der Waals surface area contributed by atoms with Crippen molar-refractivity contribution in [1.82, 2.24) is 10.1 Å². The lowest BCUT2D eigenvalue weighted by Crippen LogP contribution is -1.96. The summed E-state index contributed by atoms with van der Waals surface area (Å²) >= 11 is 1.57. The molecular weight excluding hydrogens is 276 g/mol. The summed E-state index contributed by atoms with van der Waals surface area (Å²) in [6.45, 7) is 1.97. The summed E-state index contributed by atoms with van der Waals surface area (Å²) in [6.07, 6.45) is 0. The fourth-order valence-electron chi connectivity index (χ4n) is 1.82. The molecule has 0 atom stereocenters. The van der Waals surface area contributed by atoms with Gasteiger partial charge < -0.3 is 9.63 Å². The lowest BCUT2D eigenvalue weighted by atomic mass is 10.1. The van der Waals surface area contributed by atoms with E-state index in [1.807, 2.05) is 17.7 Å². The Hall–Kier alpha value is -2.47. The Morgan fingerprint density at radius 3 is 2.90 bits per heavy atom. The van der Waals surface area contributed by atoms with Crippen molar-refractivity contribution in [2.75, 3.05) is 0 Å². The predicted molar refractivity (Wildman–Crippen MR) is 74.7 cm³/mol. The number of hydrogen-bond acceptors (Lipinski definition) is 5. The molecule has 0 saturated carbocycles. The maximum Gasteiger partial charge on any atom is 0.335 e. The maximum atomic E-state index is 11.0. The van der Waals surface area contributed by atoms with E-state index in [0.717, 1.165) is 11.1 Å². The van der Waals surface area contributed by atoms with Crippen LogP contribution in [-0.2, 0) is 0 Å². The Morgan fingerprint density at radius 2 is 2.20 bits per heavy atom. The zero-order valence-electron chi connectivity index (χ0n) is 10.5. The second kappa shape index (κ2) is 4.90. The monoisotopic (exact) mass is 286 g/mol. The molecule has 0 bridgehead atoms.